The topological polar surface area (TPSA) is 138 Å². The van der Waals surface area contributed by atoms with Gasteiger partial charge in [0.25, 0.3) is 11.8 Å². The Balaban J connectivity index is 1.14. The highest BCUT2D eigenvalue weighted by Crippen LogP contribution is 2.57. The van der Waals surface area contributed by atoms with Crippen molar-refractivity contribution in [3.63, 3.8) is 0 Å². The first-order valence-electron chi connectivity index (χ1n) is 14.6. The second-order valence-corrected chi connectivity index (χ2v) is 12.1. The maximum Gasteiger partial charge on any atom is 0.252 e. The van der Waals surface area contributed by atoms with Crippen molar-refractivity contribution in [1.29, 1.82) is 0 Å². The lowest BCUT2D eigenvalue weighted by Gasteiger charge is -2.40. The van der Waals surface area contributed by atoms with Crippen LogP contribution in [0.2, 0.25) is 0 Å². The molecule has 0 aliphatic carbocycles. The van der Waals surface area contributed by atoms with Crippen molar-refractivity contribution in [1.82, 2.24) is 29.7 Å². The zero-order valence-corrected chi connectivity index (χ0v) is 23.4. The van der Waals surface area contributed by atoms with Gasteiger partial charge in [0.1, 0.15) is 34.9 Å². The fourth-order valence-corrected chi connectivity index (χ4v) is 8.26. The lowest BCUT2D eigenvalue weighted by atomic mass is 9.76. The normalized spacial score (nSPS) is 28.2. The van der Waals surface area contributed by atoms with E-state index in [1.54, 1.807) is 9.80 Å². The summed E-state index contributed by atoms with van der Waals surface area (Å²) in [5.41, 5.74) is 4.54. The number of amides is 2. The molecule has 10 nitrogen and oxygen atoms in total. The Labute approximate surface area is 242 Å². The molecule has 4 aliphatic rings. The van der Waals surface area contributed by atoms with Gasteiger partial charge in [-0.05, 0) is 48.9 Å². The molecule has 214 valence electrons. The summed E-state index contributed by atoms with van der Waals surface area (Å²) in [7, 11) is 0. The standard InChI is InChI=1S/C32H32N6O4/c1-17(39)27(41)37-13-11-23-25-15-33-29(35-25)31(23,37)21-7-3-19(4-8-21)20-5-9-22(10-6-20)32-24(26-16-34-30(32)36-26)12-14-38(32)28(42)18(2)40/h3-10,15-18,23-24,39-40H,11-14H2,1-2H3,(H,33,35)(H,34,36)/t17-,18-,23?,24?,31-,32-/m1/s1. The SMILES string of the molecule is C[C@@H](O)C(=O)N1CCC2c3cnc([nH]3)[C@@]21c1ccc(-c2ccc([C@]34c5ncc([nH]5)C3CCN4C(=O)[C@@H](C)O)cc2)cc1. The molecular weight excluding hydrogens is 532 g/mol. The fourth-order valence-electron chi connectivity index (χ4n) is 8.26. The van der Waals surface area contributed by atoms with Crippen LogP contribution in [0.15, 0.2) is 60.9 Å². The lowest BCUT2D eigenvalue weighted by Crippen LogP contribution is -2.50. The van der Waals surface area contributed by atoms with Crippen LogP contribution in [0.4, 0.5) is 0 Å². The van der Waals surface area contributed by atoms with Crippen molar-refractivity contribution in [2.45, 2.75) is 61.8 Å². The van der Waals surface area contributed by atoms with Gasteiger partial charge in [-0.2, -0.15) is 0 Å². The first-order chi connectivity index (χ1) is 20.3. The molecule has 4 aliphatic heterocycles. The number of carbonyl (C=O) groups is 2. The molecule has 6 atom stereocenters. The third-order valence-corrected chi connectivity index (χ3v) is 10.0. The Hall–Kier alpha value is -4.28. The molecule has 2 aromatic heterocycles. The van der Waals surface area contributed by atoms with Gasteiger partial charge in [-0.15, -0.1) is 0 Å². The van der Waals surface area contributed by atoms with Gasteiger partial charge in [0.15, 0.2) is 0 Å². The summed E-state index contributed by atoms with van der Waals surface area (Å²) in [6, 6.07) is 16.5. The van der Waals surface area contributed by atoms with Crippen LogP contribution in [0, 0.1) is 0 Å². The largest absolute Gasteiger partial charge is 0.384 e. The Morgan fingerprint density at radius 1 is 0.738 bits per heavy atom. The number of aliphatic hydroxyl groups excluding tert-OH is 2. The van der Waals surface area contributed by atoms with E-state index in [9.17, 15) is 19.8 Å². The summed E-state index contributed by atoms with van der Waals surface area (Å²) < 4.78 is 0. The van der Waals surface area contributed by atoms with Crippen LogP contribution in [0.5, 0.6) is 0 Å². The number of hydrogen-bond acceptors (Lipinski definition) is 6. The third-order valence-electron chi connectivity index (χ3n) is 10.0. The smallest absolute Gasteiger partial charge is 0.252 e. The number of nitrogens with zero attached hydrogens (tertiary/aromatic N) is 4. The number of aromatic amines is 2. The molecular formula is C32H32N6O4. The van der Waals surface area contributed by atoms with E-state index in [2.05, 4.69) is 68.5 Å². The average molecular weight is 565 g/mol. The van der Waals surface area contributed by atoms with E-state index in [1.807, 2.05) is 12.4 Å². The molecule has 6 heterocycles. The molecule has 10 heteroatoms. The molecule has 4 bridgehead atoms. The van der Waals surface area contributed by atoms with Crippen LogP contribution in [-0.4, -0.2) is 77.1 Å². The molecule has 4 aromatic rings. The number of carbonyl (C=O) groups excluding carboxylic acids is 2. The molecule has 2 saturated heterocycles. The van der Waals surface area contributed by atoms with Crippen molar-refractivity contribution in [2.75, 3.05) is 13.1 Å². The highest BCUT2D eigenvalue weighted by molar-refractivity contribution is 5.84. The third kappa shape index (κ3) is 3.00. The zero-order valence-electron chi connectivity index (χ0n) is 23.4. The van der Waals surface area contributed by atoms with Gasteiger partial charge in [-0.1, -0.05) is 48.5 Å². The van der Waals surface area contributed by atoms with Crippen LogP contribution >= 0.6 is 0 Å². The van der Waals surface area contributed by atoms with Crippen LogP contribution < -0.4 is 0 Å². The number of imidazole rings is 2. The number of aliphatic hydroxyl groups is 2. The van der Waals surface area contributed by atoms with Crippen LogP contribution in [-0.2, 0) is 20.7 Å². The highest BCUT2D eigenvalue weighted by atomic mass is 16.3. The average Bonchev–Trinajstić information content (AvgIpc) is 3.83. The van der Waals surface area contributed by atoms with Gasteiger partial charge in [0.05, 0.1) is 0 Å². The van der Waals surface area contributed by atoms with Crippen molar-refractivity contribution in [2.24, 2.45) is 0 Å². The molecule has 0 saturated carbocycles. The minimum atomic E-state index is -1.09. The molecule has 0 spiro atoms. The van der Waals surface area contributed by atoms with E-state index in [0.29, 0.717) is 13.1 Å². The number of aromatic nitrogens is 4. The number of nitrogens with one attached hydrogen (secondary N) is 2. The minimum Gasteiger partial charge on any atom is -0.384 e. The van der Waals surface area contributed by atoms with Crippen LogP contribution in [0.1, 0.15) is 72.7 Å². The lowest BCUT2D eigenvalue weighted by molar-refractivity contribution is -0.143. The van der Waals surface area contributed by atoms with Gasteiger partial charge < -0.3 is 30.0 Å². The highest BCUT2D eigenvalue weighted by Gasteiger charge is 2.61. The Morgan fingerprint density at radius 3 is 1.48 bits per heavy atom. The van der Waals surface area contributed by atoms with Gasteiger partial charge in [-0.25, -0.2) is 9.97 Å². The van der Waals surface area contributed by atoms with E-state index in [4.69, 9.17) is 0 Å². The Kier molecular flexibility index (Phi) is 5.22. The second kappa shape index (κ2) is 8.62. The number of likely N-dealkylation sites (tertiary alicyclic amines) is 2. The summed E-state index contributed by atoms with van der Waals surface area (Å²) in [5.74, 6) is 1.06. The summed E-state index contributed by atoms with van der Waals surface area (Å²) in [6.45, 7) is 4.15. The first kappa shape index (κ1) is 25.4. The van der Waals surface area contributed by atoms with E-state index in [-0.39, 0.29) is 23.7 Å². The monoisotopic (exact) mass is 564 g/mol. The van der Waals surface area contributed by atoms with Crippen molar-refractivity contribution < 1.29 is 19.8 Å². The number of rotatable bonds is 5. The van der Waals surface area contributed by atoms with E-state index < -0.39 is 23.3 Å². The molecule has 0 radical (unpaired) electrons. The second-order valence-electron chi connectivity index (χ2n) is 12.1. The van der Waals surface area contributed by atoms with E-state index >= 15 is 0 Å². The molecule has 2 unspecified atom stereocenters. The number of H-pyrrole nitrogens is 2. The Bertz CT molecular complexity index is 1600. The van der Waals surface area contributed by atoms with Gasteiger partial charge >= 0.3 is 0 Å². The Morgan fingerprint density at radius 2 is 1.12 bits per heavy atom. The quantitative estimate of drug-likeness (QED) is 0.294. The van der Waals surface area contributed by atoms with Crippen molar-refractivity contribution in [3.05, 3.63) is 95.1 Å². The van der Waals surface area contributed by atoms with Gasteiger partial charge in [-0.3, -0.25) is 9.59 Å². The predicted octanol–water partition coefficient (Wildman–Crippen LogP) is 2.71. The molecule has 8 rings (SSSR count). The fraction of sp³-hybridized carbons (Fsp3) is 0.375. The minimum absolute atomic E-state index is 0.0807. The number of benzene rings is 2. The van der Waals surface area contributed by atoms with Gasteiger partial charge in [0, 0.05) is 48.7 Å². The number of hydrogen-bond donors (Lipinski definition) is 4. The van der Waals surface area contributed by atoms with Gasteiger partial charge in [0.2, 0.25) is 0 Å². The summed E-state index contributed by atoms with van der Waals surface area (Å²) in [5, 5.41) is 20.4. The molecule has 4 N–H and O–H groups in total. The van der Waals surface area contributed by atoms with E-state index in [1.165, 1.54) is 13.8 Å². The van der Waals surface area contributed by atoms with Crippen molar-refractivity contribution in [3.8, 4) is 11.1 Å². The van der Waals surface area contributed by atoms with Crippen LogP contribution in [0.3, 0.4) is 0 Å². The molecule has 2 aromatic carbocycles. The predicted molar refractivity (Wildman–Crippen MR) is 152 cm³/mol. The summed E-state index contributed by atoms with van der Waals surface area (Å²) in [6.07, 6.45) is 3.11. The summed E-state index contributed by atoms with van der Waals surface area (Å²) in [4.78, 5) is 45.8. The molecule has 2 fully saturated rings. The maximum absolute atomic E-state index is 13.1. The molecule has 42 heavy (non-hydrogen) atoms. The first-order valence-corrected chi connectivity index (χ1v) is 14.6. The van der Waals surface area contributed by atoms with Crippen LogP contribution in [0.25, 0.3) is 11.1 Å². The van der Waals surface area contributed by atoms with Crippen molar-refractivity contribution >= 4 is 11.8 Å². The maximum atomic E-state index is 13.1. The summed E-state index contributed by atoms with van der Waals surface area (Å²) >= 11 is 0. The number of fused-ring (bicyclic) bond motifs is 10. The molecule has 2 amide bonds. The van der Waals surface area contributed by atoms with E-state index in [0.717, 1.165) is 58.1 Å². The zero-order chi connectivity index (χ0) is 29.0.